The summed E-state index contributed by atoms with van der Waals surface area (Å²) in [5.74, 6) is -0.435. The van der Waals surface area contributed by atoms with Crippen molar-refractivity contribution in [1.29, 1.82) is 0 Å². The van der Waals surface area contributed by atoms with Gasteiger partial charge in [0.2, 0.25) is 5.91 Å². The quantitative estimate of drug-likeness (QED) is 0.865. The highest BCUT2D eigenvalue weighted by Gasteiger charge is 2.36. The molecule has 24 heavy (non-hydrogen) atoms. The molecule has 0 bridgehead atoms. The number of alkyl halides is 1. The Labute approximate surface area is 138 Å². The fourth-order valence-electron chi connectivity index (χ4n) is 3.66. The van der Waals surface area contributed by atoms with Gasteiger partial charge in [0.05, 0.1) is 6.67 Å². The second-order valence-corrected chi connectivity index (χ2v) is 6.60. The van der Waals surface area contributed by atoms with Gasteiger partial charge in [0.15, 0.2) is 5.58 Å². The topological polar surface area (TPSA) is 49.6 Å². The first-order valence-corrected chi connectivity index (χ1v) is 8.30. The molecular formula is C17H19F2N3O2. The number of amides is 1. The minimum absolute atomic E-state index is 0.0634. The molecule has 0 spiro atoms. The van der Waals surface area contributed by atoms with Gasteiger partial charge in [0.1, 0.15) is 11.3 Å². The first-order chi connectivity index (χ1) is 11.6. The van der Waals surface area contributed by atoms with Crippen LogP contribution >= 0.6 is 0 Å². The van der Waals surface area contributed by atoms with Crippen LogP contribution in [0.1, 0.15) is 19.3 Å². The van der Waals surface area contributed by atoms with Crippen LogP contribution in [0.4, 0.5) is 14.8 Å². The molecule has 0 saturated carbocycles. The number of oxazole rings is 1. The summed E-state index contributed by atoms with van der Waals surface area (Å²) in [5, 5.41) is 0. The Bertz CT molecular complexity index is 755. The molecule has 7 heteroatoms. The highest BCUT2D eigenvalue weighted by molar-refractivity contribution is 5.79. The van der Waals surface area contributed by atoms with Crippen LogP contribution in [0.2, 0.25) is 0 Å². The van der Waals surface area contributed by atoms with Crippen LogP contribution in [0, 0.1) is 11.7 Å². The lowest BCUT2D eigenvalue weighted by Crippen LogP contribution is -2.45. The summed E-state index contributed by atoms with van der Waals surface area (Å²) in [4.78, 5) is 20.3. The van der Waals surface area contributed by atoms with Crippen LogP contribution in [-0.4, -0.2) is 48.1 Å². The van der Waals surface area contributed by atoms with E-state index in [1.165, 1.54) is 12.1 Å². The smallest absolute Gasteiger partial charge is 0.298 e. The van der Waals surface area contributed by atoms with Crippen molar-refractivity contribution >= 4 is 23.0 Å². The number of anilines is 1. The molecule has 0 N–H and O–H groups in total. The number of hydrogen-bond acceptors (Lipinski definition) is 4. The third kappa shape index (κ3) is 2.72. The zero-order valence-electron chi connectivity index (χ0n) is 13.3. The van der Waals surface area contributed by atoms with E-state index >= 15 is 0 Å². The first kappa shape index (κ1) is 15.4. The third-order valence-electron chi connectivity index (χ3n) is 4.97. The molecule has 4 rings (SSSR count). The number of fused-ring (bicyclic) bond motifs is 1. The Hall–Kier alpha value is -2.18. The lowest BCUT2D eigenvalue weighted by molar-refractivity contribution is -0.130. The van der Waals surface area contributed by atoms with Crippen LogP contribution in [0.5, 0.6) is 0 Å². The standard InChI is InChI=1S/C17H19F2N3O2/c18-9-11-7-16(23)22(10-11)13-3-5-21(6-4-13)17-20-14-2-1-12(19)8-15(14)24-17/h1-2,8,11,13H,3-7,9-10H2. The zero-order chi connectivity index (χ0) is 16.7. The number of carbonyl (C=O) groups excluding carboxylic acids is 1. The van der Waals surface area contributed by atoms with E-state index in [4.69, 9.17) is 4.42 Å². The molecule has 2 aromatic rings. The van der Waals surface area contributed by atoms with Crippen molar-refractivity contribution in [3.8, 4) is 0 Å². The number of carbonyl (C=O) groups is 1. The van der Waals surface area contributed by atoms with Gasteiger partial charge in [-0.05, 0) is 25.0 Å². The second kappa shape index (κ2) is 6.03. The SMILES string of the molecule is O=C1CC(CF)CN1C1CCN(c2nc3ccc(F)cc3o2)CC1. The highest BCUT2D eigenvalue weighted by atomic mass is 19.1. The molecule has 0 aliphatic carbocycles. The Kier molecular flexibility index (Phi) is 3.86. The van der Waals surface area contributed by atoms with Gasteiger partial charge in [-0.25, -0.2) is 4.39 Å². The van der Waals surface area contributed by atoms with E-state index in [0.29, 0.717) is 43.2 Å². The maximum atomic E-state index is 13.2. The van der Waals surface area contributed by atoms with E-state index in [-0.39, 0.29) is 23.7 Å². The summed E-state index contributed by atoms with van der Waals surface area (Å²) in [6, 6.07) is 4.94. The van der Waals surface area contributed by atoms with E-state index in [2.05, 4.69) is 4.98 Å². The summed E-state index contributed by atoms with van der Waals surface area (Å²) in [5.41, 5.74) is 1.07. The van der Waals surface area contributed by atoms with Crippen molar-refractivity contribution in [2.75, 3.05) is 31.2 Å². The highest BCUT2D eigenvalue weighted by Crippen LogP contribution is 2.29. The number of likely N-dealkylation sites (tertiary alicyclic amines) is 1. The monoisotopic (exact) mass is 335 g/mol. The summed E-state index contributed by atoms with van der Waals surface area (Å²) >= 11 is 0. The van der Waals surface area contributed by atoms with Gasteiger partial charge in [-0.3, -0.25) is 9.18 Å². The Morgan fingerprint density at radius 1 is 1.29 bits per heavy atom. The molecule has 128 valence electrons. The number of piperidine rings is 1. The molecule has 1 atom stereocenters. The Balaban J connectivity index is 1.43. The van der Waals surface area contributed by atoms with Crippen molar-refractivity contribution in [2.45, 2.75) is 25.3 Å². The van der Waals surface area contributed by atoms with Crippen molar-refractivity contribution in [3.05, 3.63) is 24.0 Å². The molecule has 2 saturated heterocycles. The summed E-state index contributed by atoms with van der Waals surface area (Å²) in [7, 11) is 0. The van der Waals surface area contributed by atoms with E-state index in [1.807, 2.05) is 9.80 Å². The van der Waals surface area contributed by atoms with Gasteiger partial charge in [0, 0.05) is 44.1 Å². The largest absolute Gasteiger partial charge is 0.423 e. The molecule has 5 nitrogen and oxygen atoms in total. The van der Waals surface area contributed by atoms with Crippen molar-refractivity contribution < 1.29 is 18.0 Å². The number of nitrogens with zero attached hydrogens (tertiary/aromatic N) is 3. The predicted octanol–water partition coefficient (Wildman–Crippen LogP) is 2.75. The molecule has 2 aliphatic rings. The molecule has 1 unspecified atom stereocenters. The number of rotatable bonds is 3. The molecule has 1 aromatic carbocycles. The zero-order valence-corrected chi connectivity index (χ0v) is 13.3. The van der Waals surface area contributed by atoms with Crippen LogP contribution < -0.4 is 4.90 Å². The van der Waals surface area contributed by atoms with E-state index in [1.54, 1.807) is 6.07 Å². The molecule has 2 fully saturated rings. The minimum Gasteiger partial charge on any atom is -0.423 e. The number of hydrogen-bond donors (Lipinski definition) is 0. The molecule has 0 radical (unpaired) electrons. The molecule has 3 heterocycles. The van der Waals surface area contributed by atoms with Crippen LogP contribution in [-0.2, 0) is 4.79 Å². The van der Waals surface area contributed by atoms with Crippen LogP contribution in [0.3, 0.4) is 0 Å². The number of halogens is 2. The van der Waals surface area contributed by atoms with Crippen molar-refractivity contribution in [1.82, 2.24) is 9.88 Å². The van der Waals surface area contributed by atoms with E-state index in [0.717, 1.165) is 12.8 Å². The Morgan fingerprint density at radius 3 is 2.79 bits per heavy atom. The predicted molar refractivity (Wildman–Crippen MR) is 85.0 cm³/mol. The fourth-order valence-corrected chi connectivity index (χ4v) is 3.66. The van der Waals surface area contributed by atoms with Gasteiger partial charge in [-0.1, -0.05) is 0 Å². The van der Waals surface area contributed by atoms with Gasteiger partial charge >= 0.3 is 0 Å². The molecular weight excluding hydrogens is 316 g/mol. The van der Waals surface area contributed by atoms with Crippen LogP contribution in [0.25, 0.3) is 11.1 Å². The Morgan fingerprint density at radius 2 is 2.08 bits per heavy atom. The lowest BCUT2D eigenvalue weighted by atomic mass is 10.0. The van der Waals surface area contributed by atoms with Crippen molar-refractivity contribution in [3.63, 3.8) is 0 Å². The van der Waals surface area contributed by atoms with Crippen LogP contribution in [0.15, 0.2) is 22.6 Å². The van der Waals surface area contributed by atoms with Crippen molar-refractivity contribution in [2.24, 2.45) is 5.92 Å². The molecule has 1 amide bonds. The van der Waals surface area contributed by atoms with Gasteiger partial charge in [0.25, 0.3) is 6.01 Å². The van der Waals surface area contributed by atoms with E-state index < -0.39 is 6.67 Å². The fraction of sp³-hybridized carbons (Fsp3) is 0.529. The second-order valence-electron chi connectivity index (χ2n) is 6.60. The molecule has 1 aromatic heterocycles. The normalized spacial score (nSPS) is 22.8. The number of aromatic nitrogens is 1. The van der Waals surface area contributed by atoms with Gasteiger partial charge < -0.3 is 14.2 Å². The first-order valence-electron chi connectivity index (χ1n) is 8.30. The third-order valence-corrected chi connectivity index (χ3v) is 4.97. The minimum atomic E-state index is -0.430. The van der Waals surface area contributed by atoms with Gasteiger partial charge in [-0.15, -0.1) is 0 Å². The van der Waals surface area contributed by atoms with E-state index in [9.17, 15) is 13.6 Å². The average Bonchev–Trinajstić information content (AvgIpc) is 3.18. The summed E-state index contributed by atoms with van der Waals surface area (Å²) in [6.45, 7) is 1.52. The maximum Gasteiger partial charge on any atom is 0.298 e. The molecule has 2 aliphatic heterocycles. The summed E-state index contributed by atoms with van der Waals surface area (Å²) in [6.07, 6.45) is 1.93. The lowest BCUT2D eigenvalue weighted by Gasteiger charge is -2.36. The maximum absolute atomic E-state index is 13.2. The average molecular weight is 335 g/mol. The number of benzene rings is 1. The van der Waals surface area contributed by atoms with Gasteiger partial charge in [-0.2, -0.15) is 4.98 Å². The summed E-state index contributed by atoms with van der Waals surface area (Å²) < 4.78 is 31.7.